The molecule has 1 aromatic carbocycles. The highest BCUT2D eigenvalue weighted by Crippen LogP contribution is 2.28. The van der Waals surface area contributed by atoms with Crippen molar-refractivity contribution in [2.45, 2.75) is 32.4 Å². The molecule has 1 aliphatic carbocycles. The van der Waals surface area contributed by atoms with Gasteiger partial charge in [0, 0.05) is 30.3 Å². The van der Waals surface area contributed by atoms with Crippen molar-refractivity contribution in [1.82, 2.24) is 9.88 Å². The molecule has 0 radical (unpaired) electrons. The van der Waals surface area contributed by atoms with E-state index in [-0.39, 0.29) is 25.6 Å². The van der Waals surface area contributed by atoms with E-state index in [9.17, 15) is 9.90 Å². The Kier molecular flexibility index (Phi) is 4.98. The van der Waals surface area contributed by atoms with Gasteiger partial charge in [-0.2, -0.15) is 0 Å². The van der Waals surface area contributed by atoms with Crippen molar-refractivity contribution in [2.24, 2.45) is 5.92 Å². The summed E-state index contributed by atoms with van der Waals surface area (Å²) in [6.45, 7) is 3.52. The minimum absolute atomic E-state index is 0.105. The number of amides is 1. The quantitative estimate of drug-likeness (QED) is 0.781. The Balaban J connectivity index is 1.46. The van der Waals surface area contributed by atoms with E-state index in [4.69, 9.17) is 4.74 Å². The Morgan fingerprint density at radius 2 is 2.22 bits per heavy atom. The van der Waals surface area contributed by atoms with Crippen molar-refractivity contribution in [3.8, 4) is 0 Å². The van der Waals surface area contributed by atoms with Crippen molar-refractivity contribution in [3.05, 3.63) is 36.0 Å². The van der Waals surface area contributed by atoms with Crippen LogP contribution in [0.1, 0.15) is 18.4 Å². The summed E-state index contributed by atoms with van der Waals surface area (Å²) in [5.74, 6) is 0.578. The zero-order valence-corrected chi connectivity index (χ0v) is 13.5. The fourth-order valence-electron chi connectivity index (χ4n) is 2.72. The number of aromatic nitrogens is 1. The van der Waals surface area contributed by atoms with Gasteiger partial charge in [0.15, 0.2) is 0 Å². The summed E-state index contributed by atoms with van der Waals surface area (Å²) in [4.78, 5) is 12.1. The molecule has 1 unspecified atom stereocenters. The number of nitrogens with one attached hydrogen (secondary N) is 1. The van der Waals surface area contributed by atoms with Crippen LogP contribution in [-0.4, -0.2) is 41.4 Å². The van der Waals surface area contributed by atoms with Crippen LogP contribution in [0.2, 0.25) is 0 Å². The third kappa shape index (κ3) is 4.33. The molecule has 1 amide bonds. The molecule has 2 aromatic rings. The number of aryl methyl sites for hydroxylation is 1. The van der Waals surface area contributed by atoms with Gasteiger partial charge < -0.3 is 19.7 Å². The van der Waals surface area contributed by atoms with Gasteiger partial charge in [-0.25, -0.2) is 0 Å². The van der Waals surface area contributed by atoms with Gasteiger partial charge in [0.05, 0.1) is 12.7 Å². The molecule has 1 heterocycles. The molecule has 0 saturated heterocycles. The lowest BCUT2D eigenvalue weighted by molar-refractivity contribution is -0.122. The van der Waals surface area contributed by atoms with Crippen LogP contribution < -0.4 is 5.32 Å². The molecule has 1 aromatic heterocycles. The van der Waals surface area contributed by atoms with Gasteiger partial charge in [-0.1, -0.05) is 18.2 Å². The van der Waals surface area contributed by atoms with Crippen molar-refractivity contribution in [2.75, 3.05) is 19.8 Å². The third-order valence-corrected chi connectivity index (χ3v) is 4.20. The van der Waals surface area contributed by atoms with Crippen LogP contribution in [0.4, 0.5) is 0 Å². The number of para-hydroxylation sites is 1. The summed E-state index contributed by atoms with van der Waals surface area (Å²) >= 11 is 0. The highest BCUT2D eigenvalue weighted by molar-refractivity contribution is 5.85. The summed E-state index contributed by atoms with van der Waals surface area (Å²) < 4.78 is 7.36. The molecule has 5 heteroatoms. The lowest BCUT2D eigenvalue weighted by Crippen LogP contribution is -2.36. The minimum Gasteiger partial charge on any atom is -0.389 e. The molecule has 0 spiro atoms. The second-order valence-electron chi connectivity index (χ2n) is 6.40. The Labute approximate surface area is 136 Å². The molecular weight excluding hydrogens is 292 g/mol. The van der Waals surface area contributed by atoms with E-state index in [1.165, 1.54) is 12.8 Å². The molecule has 0 aliphatic heterocycles. The lowest BCUT2D eigenvalue weighted by atomic mass is 10.2. The number of hydrogen-bond acceptors (Lipinski definition) is 3. The normalized spacial score (nSPS) is 15.7. The van der Waals surface area contributed by atoms with Gasteiger partial charge in [-0.3, -0.25) is 4.79 Å². The zero-order chi connectivity index (χ0) is 16.2. The highest BCUT2D eigenvalue weighted by Gasteiger charge is 2.21. The molecular formula is C18H24N2O3. The van der Waals surface area contributed by atoms with Crippen LogP contribution in [0.15, 0.2) is 30.5 Å². The maximum atomic E-state index is 12.1. The second kappa shape index (κ2) is 7.15. The van der Waals surface area contributed by atoms with Crippen LogP contribution in [0.3, 0.4) is 0 Å². The molecule has 1 aliphatic rings. The monoisotopic (exact) mass is 316 g/mol. The van der Waals surface area contributed by atoms with Crippen molar-refractivity contribution in [1.29, 1.82) is 0 Å². The lowest BCUT2D eigenvalue weighted by Gasteiger charge is -2.13. The van der Waals surface area contributed by atoms with E-state index >= 15 is 0 Å². The van der Waals surface area contributed by atoms with Crippen LogP contribution in [-0.2, 0) is 16.1 Å². The summed E-state index contributed by atoms with van der Waals surface area (Å²) in [6.07, 6.45) is 3.80. The number of nitrogens with zero attached hydrogens (tertiary/aromatic N) is 1. The van der Waals surface area contributed by atoms with Crippen LogP contribution in [0.25, 0.3) is 10.9 Å². The molecule has 124 valence electrons. The predicted molar refractivity (Wildman–Crippen MR) is 89.2 cm³/mol. The Hall–Kier alpha value is -1.85. The number of aliphatic hydroxyl groups excluding tert-OH is 1. The number of fused-ring (bicyclic) bond motifs is 1. The van der Waals surface area contributed by atoms with Gasteiger partial charge in [-0.15, -0.1) is 0 Å². The largest absolute Gasteiger partial charge is 0.389 e. The first-order chi connectivity index (χ1) is 11.1. The first-order valence-corrected chi connectivity index (χ1v) is 8.20. The zero-order valence-electron chi connectivity index (χ0n) is 13.5. The van der Waals surface area contributed by atoms with Gasteiger partial charge in [0.1, 0.15) is 6.54 Å². The minimum atomic E-state index is -0.652. The standard InChI is InChI=1S/C18H24N2O3/c1-13-9-20(17-5-3-2-4-16(13)17)10-18(22)19-8-15(21)12-23-11-14-6-7-14/h2-5,9,14-15,21H,6-8,10-12H2,1H3,(H,19,22). The Bertz CT molecular complexity index is 676. The molecule has 0 bridgehead atoms. The second-order valence-corrected chi connectivity index (χ2v) is 6.40. The number of aliphatic hydroxyl groups is 1. The molecule has 2 N–H and O–H groups in total. The molecule has 5 nitrogen and oxygen atoms in total. The maximum Gasteiger partial charge on any atom is 0.240 e. The molecule has 1 atom stereocenters. The van der Waals surface area contributed by atoms with Crippen LogP contribution in [0.5, 0.6) is 0 Å². The van der Waals surface area contributed by atoms with E-state index in [1.54, 1.807) is 0 Å². The fourth-order valence-corrected chi connectivity index (χ4v) is 2.72. The Morgan fingerprint density at radius 1 is 1.43 bits per heavy atom. The van der Waals surface area contributed by atoms with Gasteiger partial charge in [0.25, 0.3) is 0 Å². The van der Waals surface area contributed by atoms with E-state index in [0.717, 1.165) is 23.1 Å². The van der Waals surface area contributed by atoms with E-state index in [1.807, 2.05) is 35.9 Å². The van der Waals surface area contributed by atoms with Crippen LogP contribution >= 0.6 is 0 Å². The molecule has 3 rings (SSSR count). The van der Waals surface area contributed by atoms with Gasteiger partial charge >= 0.3 is 0 Å². The fraction of sp³-hybridized carbons (Fsp3) is 0.500. The van der Waals surface area contributed by atoms with E-state index in [2.05, 4.69) is 11.4 Å². The maximum absolute atomic E-state index is 12.1. The summed E-state index contributed by atoms with van der Waals surface area (Å²) in [6, 6.07) is 8.03. The van der Waals surface area contributed by atoms with E-state index < -0.39 is 6.10 Å². The first-order valence-electron chi connectivity index (χ1n) is 8.20. The van der Waals surface area contributed by atoms with Gasteiger partial charge in [0.2, 0.25) is 5.91 Å². The average molecular weight is 316 g/mol. The smallest absolute Gasteiger partial charge is 0.240 e. The average Bonchev–Trinajstić information content (AvgIpc) is 3.31. The number of carbonyl (C=O) groups excluding carboxylic acids is 1. The molecule has 1 saturated carbocycles. The van der Waals surface area contributed by atoms with Crippen LogP contribution in [0, 0.1) is 12.8 Å². The van der Waals surface area contributed by atoms with Crippen molar-refractivity contribution in [3.63, 3.8) is 0 Å². The SMILES string of the molecule is Cc1cn(CC(=O)NCC(O)COCC2CC2)c2ccccc12. The summed E-state index contributed by atoms with van der Waals surface area (Å²) in [5.41, 5.74) is 2.20. The number of benzene rings is 1. The number of rotatable bonds is 8. The molecule has 1 fully saturated rings. The first kappa shape index (κ1) is 16.0. The van der Waals surface area contributed by atoms with Crippen molar-refractivity contribution >= 4 is 16.8 Å². The van der Waals surface area contributed by atoms with Crippen molar-refractivity contribution < 1.29 is 14.6 Å². The molecule has 23 heavy (non-hydrogen) atoms. The van der Waals surface area contributed by atoms with Gasteiger partial charge in [-0.05, 0) is 37.3 Å². The number of carbonyl (C=O) groups is 1. The number of ether oxygens (including phenoxy) is 1. The highest BCUT2D eigenvalue weighted by atomic mass is 16.5. The third-order valence-electron chi connectivity index (χ3n) is 4.20. The Morgan fingerprint density at radius 3 is 3.00 bits per heavy atom. The van der Waals surface area contributed by atoms with E-state index in [0.29, 0.717) is 5.92 Å². The summed E-state index contributed by atoms with van der Waals surface area (Å²) in [7, 11) is 0. The number of hydrogen-bond donors (Lipinski definition) is 2. The summed E-state index contributed by atoms with van der Waals surface area (Å²) in [5, 5.41) is 13.8. The predicted octanol–water partition coefficient (Wildman–Crippen LogP) is 1.85. The topological polar surface area (TPSA) is 63.5 Å².